The molecule has 82 valence electrons. The maximum absolute atomic E-state index is 12.0. The molecule has 1 aliphatic carbocycles. The highest BCUT2D eigenvalue weighted by molar-refractivity contribution is 5.09. The molecule has 0 aromatic heterocycles. The maximum Gasteiger partial charge on any atom is 0.345 e. The number of rotatable bonds is 4. The van der Waals surface area contributed by atoms with Gasteiger partial charge in [-0.1, -0.05) is 11.6 Å². The first-order valence-electron chi connectivity index (χ1n) is 4.72. The number of methoxy groups -OCH3 is 1. The van der Waals surface area contributed by atoms with E-state index >= 15 is 0 Å². The van der Waals surface area contributed by atoms with Crippen LogP contribution in [-0.4, -0.2) is 26.4 Å². The molecule has 1 rings (SSSR count). The Balaban J connectivity index is 2.46. The molecule has 0 bridgehead atoms. The summed E-state index contributed by atoms with van der Waals surface area (Å²) in [6.45, 7) is -0.0942. The van der Waals surface area contributed by atoms with E-state index < -0.39 is 6.61 Å². The maximum atomic E-state index is 12.0. The molecule has 0 aromatic rings. The molecule has 0 saturated carbocycles. The summed E-state index contributed by atoms with van der Waals surface area (Å²) < 4.78 is 33.4. The van der Waals surface area contributed by atoms with Crippen molar-refractivity contribution in [3.63, 3.8) is 0 Å². The Morgan fingerprint density at radius 1 is 1.57 bits per heavy atom. The molecule has 4 heteroatoms. The Labute approximate surface area is 82.9 Å². The highest BCUT2D eigenvalue weighted by atomic mass is 19.3. The van der Waals surface area contributed by atoms with Crippen molar-refractivity contribution in [2.24, 2.45) is 5.92 Å². The van der Waals surface area contributed by atoms with Gasteiger partial charge in [-0.15, -0.1) is 0 Å². The van der Waals surface area contributed by atoms with Crippen LogP contribution < -0.4 is 0 Å². The smallest absolute Gasteiger partial charge is 0.345 e. The molecule has 1 aliphatic rings. The second-order valence-corrected chi connectivity index (χ2v) is 3.59. The van der Waals surface area contributed by atoms with Crippen molar-refractivity contribution in [1.82, 2.24) is 0 Å². The highest BCUT2D eigenvalue weighted by Crippen LogP contribution is 2.27. The lowest BCUT2D eigenvalue weighted by molar-refractivity contribution is -0.167. The predicted octanol–water partition coefficient (Wildman–Crippen LogP) is 2.60. The molecule has 0 spiro atoms. The number of halogens is 2. The van der Waals surface area contributed by atoms with Gasteiger partial charge in [0.05, 0.1) is 12.7 Å². The fraction of sp³-hybridized carbons (Fsp3) is 0.800. The first-order valence-corrected chi connectivity index (χ1v) is 4.72. The molecule has 2 nitrogen and oxygen atoms in total. The van der Waals surface area contributed by atoms with Gasteiger partial charge in [-0.2, -0.15) is 8.78 Å². The molecule has 0 aromatic carbocycles. The molecular weight excluding hydrogens is 190 g/mol. The summed E-state index contributed by atoms with van der Waals surface area (Å²) in [4.78, 5) is 0. The van der Waals surface area contributed by atoms with Crippen LogP contribution in [0.25, 0.3) is 0 Å². The van der Waals surface area contributed by atoms with Gasteiger partial charge in [0.1, 0.15) is 0 Å². The molecule has 0 amide bonds. The average molecular weight is 206 g/mol. The van der Waals surface area contributed by atoms with Crippen LogP contribution in [0.3, 0.4) is 0 Å². The Morgan fingerprint density at radius 3 is 2.86 bits per heavy atom. The standard InChI is InChI=1S/C10H16F2O2/c1-7-3-4-9(14-10(11)12)5-8(7)6-13-2/h3,8-10H,4-6H2,1-2H3/t8-,9-/m0/s1. The minimum atomic E-state index is -2.67. The van der Waals surface area contributed by atoms with E-state index in [1.807, 2.05) is 13.0 Å². The number of ether oxygens (including phenoxy) is 2. The lowest BCUT2D eigenvalue weighted by Gasteiger charge is -2.27. The summed E-state index contributed by atoms with van der Waals surface area (Å²) in [6.07, 6.45) is 2.80. The van der Waals surface area contributed by atoms with Gasteiger partial charge in [0.25, 0.3) is 0 Å². The van der Waals surface area contributed by atoms with E-state index in [1.165, 1.54) is 5.57 Å². The lowest BCUT2D eigenvalue weighted by atomic mass is 9.87. The van der Waals surface area contributed by atoms with Gasteiger partial charge in [0.15, 0.2) is 0 Å². The third-order valence-corrected chi connectivity index (χ3v) is 2.56. The summed E-state index contributed by atoms with van der Waals surface area (Å²) in [5.74, 6) is 0.220. The van der Waals surface area contributed by atoms with Crippen molar-refractivity contribution in [2.45, 2.75) is 32.5 Å². The summed E-state index contributed by atoms with van der Waals surface area (Å²) >= 11 is 0. The van der Waals surface area contributed by atoms with Crippen molar-refractivity contribution in [3.8, 4) is 0 Å². The Hall–Kier alpha value is -0.480. The van der Waals surface area contributed by atoms with Gasteiger partial charge < -0.3 is 9.47 Å². The monoisotopic (exact) mass is 206 g/mol. The van der Waals surface area contributed by atoms with Gasteiger partial charge in [0.2, 0.25) is 0 Å². The van der Waals surface area contributed by atoms with Crippen LogP contribution in [0.1, 0.15) is 19.8 Å². The molecular formula is C10H16F2O2. The van der Waals surface area contributed by atoms with E-state index in [1.54, 1.807) is 7.11 Å². The largest absolute Gasteiger partial charge is 0.384 e. The molecule has 0 unspecified atom stereocenters. The minimum absolute atomic E-state index is 0.220. The summed E-state index contributed by atoms with van der Waals surface area (Å²) in [6, 6.07) is 0. The van der Waals surface area contributed by atoms with E-state index in [0.29, 0.717) is 19.4 Å². The molecule has 2 atom stereocenters. The van der Waals surface area contributed by atoms with Gasteiger partial charge in [-0.3, -0.25) is 0 Å². The predicted molar refractivity (Wildman–Crippen MR) is 49.2 cm³/mol. The van der Waals surface area contributed by atoms with Crippen molar-refractivity contribution in [1.29, 1.82) is 0 Å². The van der Waals surface area contributed by atoms with E-state index in [9.17, 15) is 8.78 Å². The number of hydrogen-bond donors (Lipinski definition) is 0. The first kappa shape index (κ1) is 11.6. The zero-order chi connectivity index (χ0) is 10.6. The molecule has 0 radical (unpaired) electrons. The van der Waals surface area contributed by atoms with Crippen LogP contribution in [-0.2, 0) is 9.47 Å². The van der Waals surface area contributed by atoms with Gasteiger partial charge >= 0.3 is 6.61 Å². The number of hydrogen-bond acceptors (Lipinski definition) is 2. The molecule has 0 aliphatic heterocycles. The Bertz CT molecular complexity index is 204. The molecule has 0 fully saturated rings. The highest BCUT2D eigenvalue weighted by Gasteiger charge is 2.24. The SMILES string of the molecule is COC[C@@H]1C[C@@H](OC(F)F)CC=C1C. The normalized spacial score (nSPS) is 27.9. The van der Waals surface area contributed by atoms with Crippen molar-refractivity contribution in [2.75, 3.05) is 13.7 Å². The zero-order valence-electron chi connectivity index (χ0n) is 8.50. The third kappa shape index (κ3) is 3.35. The van der Waals surface area contributed by atoms with E-state index in [2.05, 4.69) is 4.74 Å². The van der Waals surface area contributed by atoms with Crippen LogP contribution in [0.5, 0.6) is 0 Å². The molecule has 0 N–H and O–H groups in total. The van der Waals surface area contributed by atoms with Crippen LogP contribution in [0.2, 0.25) is 0 Å². The minimum Gasteiger partial charge on any atom is -0.384 e. The first-order chi connectivity index (χ1) is 6.63. The summed E-state index contributed by atoms with van der Waals surface area (Å²) in [7, 11) is 1.62. The third-order valence-electron chi connectivity index (χ3n) is 2.56. The second kappa shape index (κ2) is 5.41. The van der Waals surface area contributed by atoms with Gasteiger partial charge in [-0.25, -0.2) is 0 Å². The van der Waals surface area contributed by atoms with Crippen molar-refractivity contribution >= 4 is 0 Å². The van der Waals surface area contributed by atoms with Gasteiger partial charge in [0, 0.05) is 13.0 Å². The van der Waals surface area contributed by atoms with Gasteiger partial charge in [-0.05, 0) is 19.8 Å². The average Bonchev–Trinajstić information content (AvgIpc) is 2.10. The molecule has 0 heterocycles. The Kier molecular flexibility index (Phi) is 4.48. The van der Waals surface area contributed by atoms with Crippen LogP contribution >= 0.6 is 0 Å². The summed E-state index contributed by atoms with van der Waals surface area (Å²) in [5, 5.41) is 0. The topological polar surface area (TPSA) is 18.5 Å². The fourth-order valence-electron chi connectivity index (χ4n) is 1.74. The quantitative estimate of drug-likeness (QED) is 0.658. The molecule has 0 saturated heterocycles. The van der Waals surface area contributed by atoms with Crippen LogP contribution in [0.15, 0.2) is 11.6 Å². The fourth-order valence-corrected chi connectivity index (χ4v) is 1.74. The number of alkyl halides is 2. The summed E-state index contributed by atoms with van der Waals surface area (Å²) in [5.41, 5.74) is 1.21. The van der Waals surface area contributed by atoms with Crippen molar-refractivity contribution < 1.29 is 18.3 Å². The zero-order valence-corrected chi connectivity index (χ0v) is 8.50. The van der Waals surface area contributed by atoms with E-state index in [-0.39, 0.29) is 12.0 Å². The van der Waals surface area contributed by atoms with E-state index in [0.717, 1.165) is 0 Å². The Morgan fingerprint density at radius 2 is 2.29 bits per heavy atom. The molecule has 14 heavy (non-hydrogen) atoms. The van der Waals surface area contributed by atoms with Crippen LogP contribution in [0.4, 0.5) is 8.78 Å². The lowest BCUT2D eigenvalue weighted by Crippen LogP contribution is -2.26. The van der Waals surface area contributed by atoms with Crippen LogP contribution in [0, 0.1) is 5.92 Å². The van der Waals surface area contributed by atoms with Crippen molar-refractivity contribution in [3.05, 3.63) is 11.6 Å². The second-order valence-electron chi connectivity index (χ2n) is 3.59. The van der Waals surface area contributed by atoms with E-state index in [4.69, 9.17) is 4.74 Å².